The van der Waals surface area contributed by atoms with E-state index in [0.717, 1.165) is 38.5 Å². The summed E-state index contributed by atoms with van der Waals surface area (Å²) in [4.78, 5) is 25.9. The van der Waals surface area contributed by atoms with Gasteiger partial charge in [0, 0.05) is 24.9 Å². The molecule has 1 saturated carbocycles. The van der Waals surface area contributed by atoms with Gasteiger partial charge in [0.2, 0.25) is 5.85 Å². The summed E-state index contributed by atoms with van der Waals surface area (Å²) in [5.74, 6) is -0.951. The standard InChI is InChI=1S/C36H68N2O3/c1-3-5-7-9-11-13-15-17-19-21-23-27-32(39)31-36(37-33-28-25-26-29-34(33)38-36)41-35(40)30-24-22-20-18-16-14-12-10-8-6-4-2/h33-34,37-38H,3-31H2,1-2H3/t33-,34-/m1/s1. The predicted molar refractivity (Wildman–Crippen MR) is 173 cm³/mol. The van der Waals surface area contributed by atoms with Gasteiger partial charge >= 0.3 is 5.97 Å². The molecular weight excluding hydrogens is 508 g/mol. The molecule has 0 spiro atoms. The van der Waals surface area contributed by atoms with Crippen LogP contribution in [0.25, 0.3) is 0 Å². The summed E-state index contributed by atoms with van der Waals surface area (Å²) in [6.45, 7) is 4.54. The van der Waals surface area contributed by atoms with Crippen LogP contribution in [0.2, 0.25) is 0 Å². The van der Waals surface area contributed by atoms with Crippen molar-refractivity contribution in [2.75, 3.05) is 0 Å². The molecule has 2 rings (SSSR count). The number of ketones is 1. The number of Topliss-reactive ketones (excluding diaryl/α,β-unsaturated/α-hetero) is 1. The fourth-order valence-corrected chi connectivity index (χ4v) is 6.85. The molecule has 0 unspecified atom stereocenters. The van der Waals surface area contributed by atoms with Crippen molar-refractivity contribution in [2.24, 2.45) is 0 Å². The molecule has 0 amide bonds. The highest BCUT2D eigenvalue weighted by Crippen LogP contribution is 2.30. The van der Waals surface area contributed by atoms with E-state index in [4.69, 9.17) is 4.74 Å². The van der Waals surface area contributed by atoms with E-state index in [1.807, 2.05) is 0 Å². The molecule has 0 aromatic carbocycles. The summed E-state index contributed by atoms with van der Waals surface area (Å²) < 4.78 is 6.08. The van der Waals surface area contributed by atoms with Gasteiger partial charge in [0.05, 0.1) is 6.42 Å². The topological polar surface area (TPSA) is 67.4 Å². The molecule has 1 heterocycles. The van der Waals surface area contributed by atoms with E-state index in [0.29, 0.717) is 24.9 Å². The summed E-state index contributed by atoms with van der Waals surface area (Å²) >= 11 is 0. The van der Waals surface area contributed by atoms with Crippen LogP contribution in [0.1, 0.15) is 200 Å². The number of ether oxygens (including phenoxy) is 1. The average molecular weight is 577 g/mol. The molecule has 2 N–H and O–H groups in total. The minimum Gasteiger partial charge on any atom is -0.430 e. The molecule has 0 bridgehead atoms. The third-order valence-electron chi connectivity index (χ3n) is 9.38. The Labute approximate surface area is 254 Å². The van der Waals surface area contributed by atoms with Crippen molar-refractivity contribution in [1.82, 2.24) is 10.6 Å². The van der Waals surface area contributed by atoms with Gasteiger partial charge in [-0.1, -0.05) is 155 Å². The SMILES string of the molecule is CCCCCCCCCCCCCC(=O)CC1(OC(=O)CCCCCCCCCCCCC)N[C@@H]2CCCC[C@H]2N1. The number of hydrogen-bond acceptors (Lipinski definition) is 5. The zero-order valence-electron chi connectivity index (χ0n) is 27.4. The van der Waals surface area contributed by atoms with Crippen LogP contribution < -0.4 is 10.6 Å². The first-order valence-corrected chi connectivity index (χ1v) is 18.4. The molecular formula is C36H68N2O3. The normalized spacial score (nSPS) is 19.8. The number of esters is 1. The summed E-state index contributed by atoms with van der Waals surface area (Å²) in [5.41, 5.74) is 0. The first-order chi connectivity index (χ1) is 20.1. The molecule has 1 saturated heterocycles. The summed E-state index contributed by atoms with van der Waals surface area (Å²) in [7, 11) is 0. The van der Waals surface area contributed by atoms with Gasteiger partial charge in [-0.05, 0) is 25.7 Å². The predicted octanol–water partition coefficient (Wildman–Crippen LogP) is 10.0. The second-order valence-corrected chi connectivity index (χ2v) is 13.4. The summed E-state index contributed by atoms with van der Waals surface area (Å²) in [6, 6.07) is 0.599. The quantitative estimate of drug-likeness (QED) is 0.0752. The molecule has 0 aromatic rings. The Bertz CT molecular complexity index is 611. The van der Waals surface area contributed by atoms with Crippen LogP contribution in [0.15, 0.2) is 0 Å². The van der Waals surface area contributed by atoms with Gasteiger partial charge in [0.15, 0.2) is 0 Å². The fourth-order valence-electron chi connectivity index (χ4n) is 6.85. The Morgan fingerprint density at radius 1 is 0.561 bits per heavy atom. The fraction of sp³-hybridized carbons (Fsp3) is 0.944. The molecule has 5 heteroatoms. The molecule has 1 aliphatic carbocycles. The lowest BCUT2D eigenvalue weighted by atomic mass is 9.92. The first-order valence-electron chi connectivity index (χ1n) is 18.4. The molecule has 2 atom stereocenters. The Morgan fingerprint density at radius 2 is 0.927 bits per heavy atom. The highest BCUT2D eigenvalue weighted by atomic mass is 16.6. The van der Waals surface area contributed by atoms with Gasteiger partial charge in [-0.2, -0.15) is 0 Å². The maximum absolute atomic E-state index is 13.0. The number of nitrogens with one attached hydrogen (secondary N) is 2. The van der Waals surface area contributed by atoms with Gasteiger partial charge < -0.3 is 4.74 Å². The van der Waals surface area contributed by atoms with E-state index < -0.39 is 5.85 Å². The molecule has 1 aliphatic heterocycles. The number of carbonyl (C=O) groups excluding carboxylic acids is 2. The highest BCUT2D eigenvalue weighted by Gasteiger charge is 2.48. The van der Waals surface area contributed by atoms with Gasteiger partial charge in [0.25, 0.3) is 0 Å². The largest absolute Gasteiger partial charge is 0.430 e. The van der Waals surface area contributed by atoms with E-state index in [9.17, 15) is 9.59 Å². The average Bonchev–Trinajstić information content (AvgIpc) is 3.31. The maximum Gasteiger partial charge on any atom is 0.308 e. The smallest absolute Gasteiger partial charge is 0.308 e. The van der Waals surface area contributed by atoms with Gasteiger partial charge in [-0.25, -0.2) is 0 Å². The maximum atomic E-state index is 13.0. The molecule has 2 aliphatic rings. The minimum absolute atomic E-state index is 0.165. The Morgan fingerprint density at radius 3 is 1.34 bits per heavy atom. The van der Waals surface area contributed by atoms with E-state index in [-0.39, 0.29) is 18.2 Å². The molecule has 0 radical (unpaired) electrons. The van der Waals surface area contributed by atoms with Crippen LogP contribution in [0, 0.1) is 0 Å². The number of unbranched alkanes of at least 4 members (excludes halogenated alkanes) is 20. The third-order valence-corrected chi connectivity index (χ3v) is 9.38. The van der Waals surface area contributed by atoms with E-state index in [1.54, 1.807) is 0 Å². The van der Waals surface area contributed by atoms with Crippen LogP contribution in [-0.2, 0) is 14.3 Å². The Hall–Kier alpha value is -0.940. The first kappa shape index (κ1) is 36.3. The lowest BCUT2D eigenvalue weighted by Crippen LogP contribution is -2.55. The lowest BCUT2D eigenvalue weighted by molar-refractivity contribution is -0.168. The van der Waals surface area contributed by atoms with Crippen molar-refractivity contribution in [3.05, 3.63) is 0 Å². The second kappa shape index (κ2) is 23.5. The number of rotatable bonds is 27. The van der Waals surface area contributed by atoms with Gasteiger partial charge in [0.1, 0.15) is 5.78 Å². The van der Waals surface area contributed by atoms with Crippen LogP contribution in [0.3, 0.4) is 0 Å². The number of carbonyl (C=O) groups is 2. The van der Waals surface area contributed by atoms with Crippen molar-refractivity contribution in [1.29, 1.82) is 0 Å². The van der Waals surface area contributed by atoms with Crippen molar-refractivity contribution in [3.63, 3.8) is 0 Å². The van der Waals surface area contributed by atoms with Crippen LogP contribution in [0.4, 0.5) is 0 Å². The highest BCUT2D eigenvalue weighted by molar-refractivity contribution is 5.80. The van der Waals surface area contributed by atoms with Crippen molar-refractivity contribution in [3.8, 4) is 0 Å². The Kier molecular flexibility index (Phi) is 20.8. The summed E-state index contributed by atoms with van der Waals surface area (Å²) in [6.07, 6.45) is 33.9. The van der Waals surface area contributed by atoms with Gasteiger partial charge in [-0.15, -0.1) is 0 Å². The van der Waals surface area contributed by atoms with Crippen molar-refractivity contribution < 1.29 is 14.3 Å². The zero-order chi connectivity index (χ0) is 29.4. The van der Waals surface area contributed by atoms with Crippen molar-refractivity contribution in [2.45, 2.75) is 218 Å². The summed E-state index contributed by atoms with van der Waals surface area (Å²) in [5, 5.41) is 7.16. The molecule has 240 valence electrons. The molecule has 41 heavy (non-hydrogen) atoms. The van der Waals surface area contributed by atoms with Gasteiger partial charge in [-0.3, -0.25) is 20.2 Å². The monoisotopic (exact) mass is 577 g/mol. The lowest BCUT2D eigenvalue weighted by Gasteiger charge is -2.30. The number of fused-ring (bicyclic) bond motifs is 1. The minimum atomic E-state index is -0.997. The molecule has 0 aromatic heterocycles. The van der Waals surface area contributed by atoms with Crippen LogP contribution in [0.5, 0.6) is 0 Å². The Balaban J connectivity index is 1.62. The van der Waals surface area contributed by atoms with E-state index >= 15 is 0 Å². The van der Waals surface area contributed by atoms with Crippen molar-refractivity contribution >= 4 is 11.8 Å². The van der Waals surface area contributed by atoms with E-state index in [1.165, 1.54) is 128 Å². The number of hydrogen-bond donors (Lipinski definition) is 2. The molecule has 2 fully saturated rings. The second-order valence-electron chi connectivity index (χ2n) is 13.4. The third kappa shape index (κ3) is 17.1. The van der Waals surface area contributed by atoms with Crippen LogP contribution >= 0.6 is 0 Å². The zero-order valence-corrected chi connectivity index (χ0v) is 27.4. The molecule has 5 nitrogen and oxygen atoms in total. The van der Waals surface area contributed by atoms with Crippen LogP contribution in [-0.4, -0.2) is 29.7 Å². The van der Waals surface area contributed by atoms with E-state index in [2.05, 4.69) is 24.5 Å².